The highest BCUT2D eigenvalue weighted by Gasteiger charge is 2.25. The van der Waals surface area contributed by atoms with Gasteiger partial charge in [-0.05, 0) is 55.7 Å². The molecule has 2 aromatic rings. The first-order valence-corrected chi connectivity index (χ1v) is 10.4. The van der Waals surface area contributed by atoms with Gasteiger partial charge in [-0.3, -0.25) is 9.59 Å². The molecule has 0 aliphatic carbocycles. The van der Waals surface area contributed by atoms with Crippen LogP contribution in [-0.2, 0) is 6.42 Å². The van der Waals surface area contributed by atoms with E-state index in [4.69, 9.17) is 0 Å². The van der Waals surface area contributed by atoms with Crippen molar-refractivity contribution in [1.82, 2.24) is 0 Å². The van der Waals surface area contributed by atoms with Crippen LogP contribution < -0.4 is 4.90 Å². The van der Waals surface area contributed by atoms with Gasteiger partial charge < -0.3 is 15.1 Å². The Hall–Kier alpha value is -2.82. The van der Waals surface area contributed by atoms with Gasteiger partial charge in [-0.15, -0.1) is 0 Å². The molecule has 0 saturated carbocycles. The van der Waals surface area contributed by atoms with E-state index in [1.54, 1.807) is 17.0 Å². The molecule has 0 radical (unpaired) electrons. The van der Waals surface area contributed by atoms with Crippen molar-refractivity contribution < 1.29 is 19.8 Å². The van der Waals surface area contributed by atoms with Gasteiger partial charge in [0.2, 0.25) is 0 Å². The van der Waals surface area contributed by atoms with Crippen molar-refractivity contribution >= 4 is 17.4 Å². The summed E-state index contributed by atoms with van der Waals surface area (Å²) >= 11 is 0. The van der Waals surface area contributed by atoms with E-state index in [9.17, 15) is 19.8 Å². The lowest BCUT2D eigenvalue weighted by Crippen LogP contribution is -2.35. The Kier molecular flexibility index (Phi) is 12.1. The molecule has 0 bridgehead atoms. The van der Waals surface area contributed by atoms with Crippen molar-refractivity contribution in [2.45, 2.75) is 61.3 Å². The number of carbonyl (C=O) groups excluding carboxylic acids is 2. The minimum Gasteiger partial charge on any atom is -0.508 e. The minimum atomic E-state index is -0.320. The van der Waals surface area contributed by atoms with Crippen molar-refractivity contribution in [1.29, 1.82) is 0 Å². The third-order valence-electron chi connectivity index (χ3n) is 4.06. The minimum absolute atomic E-state index is 0.00701. The fraction of sp³-hybridized carbons (Fsp3) is 0.417. The van der Waals surface area contributed by atoms with Crippen LogP contribution in [0.3, 0.4) is 0 Å². The molecule has 0 fully saturated rings. The van der Waals surface area contributed by atoms with Crippen LogP contribution in [0.1, 0.15) is 81.2 Å². The Balaban J connectivity index is 0.00000120. The number of fused-ring (bicyclic) bond motifs is 1. The maximum absolute atomic E-state index is 12.7. The van der Waals surface area contributed by atoms with Crippen LogP contribution in [-0.4, -0.2) is 28.4 Å². The number of benzene rings is 2. The zero-order chi connectivity index (χ0) is 22.6. The van der Waals surface area contributed by atoms with E-state index in [2.05, 4.69) is 0 Å². The maximum Gasteiger partial charge on any atom is 0.262 e. The number of phenols is 2. The van der Waals surface area contributed by atoms with E-state index in [-0.39, 0.29) is 28.8 Å². The number of amides is 1. The molecular formula is C24H35NO4. The van der Waals surface area contributed by atoms with Crippen LogP contribution in [0.5, 0.6) is 11.5 Å². The summed E-state index contributed by atoms with van der Waals surface area (Å²) in [5.41, 5.74) is 2.49. The number of aromatic hydroxyl groups is 2. The van der Waals surface area contributed by atoms with Gasteiger partial charge in [0.25, 0.3) is 5.91 Å². The molecule has 0 aromatic heterocycles. The Morgan fingerprint density at radius 3 is 2.07 bits per heavy atom. The van der Waals surface area contributed by atoms with Crippen LogP contribution in [0, 0.1) is 0 Å². The highest BCUT2D eigenvalue weighted by molar-refractivity contribution is 6.08. The lowest BCUT2D eigenvalue weighted by molar-refractivity contribution is 0.0981. The van der Waals surface area contributed by atoms with E-state index in [1.807, 2.05) is 47.6 Å². The fourth-order valence-corrected chi connectivity index (χ4v) is 2.87. The number of carbonyl (C=O) groups is 2. The first kappa shape index (κ1) is 26.2. The number of Topliss-reactive ketones (excluding diaryl/α,β-unsaturated/α-hetero) is 1. The number of anilines is 1. The van der Waals surface area contributed by atoms with Crippen LogP contribution in [0.4, 0.5) is 5.69 Å². The Labute approximate surface area is 175 Å². The van der Waals surface area contributed by atoms with Gasteiger partial charge in [0.15, 0.2) is 5.78 Å². The summed E-state index contributed by atoms with van der Waals surface area (Å²) in [6.07, 6.45) is 1.60. The summed E-state index contributed by atoms with van der Waals surface area (Å²) in [6.45, 7) is 14.1. The topological polar surface area (TPSA) is 77.8 Å². The molecule has 2 aromatic carbocycles. The van der Waals surface area contributed by atoms with E-state index in [0.29, 0.717) is 12.1 Å². The van der Waals surface area contributed by atoms with E-state index < -0.39 is 0 Å². The second-order valence-corrected chi connectivity index (χ2v) is 5.66. The molecule has 0 saturated heterocycles. The van der Waals surface area contributed by atoms with Gasteiger partial charge in [-0.25, -0.2) is 0 Å². The molecular weight excluding hydrogens is 366 g/mol. The average Bonchev–Trinajstić information content (AvgIpc) is 2.76. The molecule has 1 aliphatic heterocycles. The number of ketones is 1. The number of hydrogen-bond donors (Lipinski definition) is 2. The average molecular weight is 402 g/mol. The first-order valence-electron chi connectivity index (χ1n) is 10.4. The molecule has 2 N–H and O–H groups in total. The van der Waals surface area contributed by atoms with Gasteiger partial charge in [0, 0.05) is 23.9 Å². The molecule has 1 amide bonds. The van der Waals surface area contributed by atoms with Crippen LogP contribution in [0.2, 0.25) is 0 Å². The lowest BCUT2D eigenvalue weighted by atomic mass is 9.97. The molecule has 3 rings (SSSR count). The second kappa shape index (κ2) is 13.4. The molecule has 1 aliphatic rings. The molecule has 0 atom stereocenters. The SMILES string of the molecule is CC.CC.CC.CC(=O)c1ccc2c(c1)CCCN2C(=O)c1ccc(O)cc1O. The van der Waals surface area contributed by atoms with E-state index in [0.717, 1.165) is 30.2 Å². The highest BCUT2D eigenvalue weighted by Crippen LogP contribution is 2.32. The maximum atomic E-state index is 12.7. The molecule has 1 heterocycles. The molecule has 0 unspecified atom stereocenters. The Bertz CT molecular complexity index is 799. The molecule has 29 heavy (non-hydrogen) atoms. The zero-order valence-corrected chi connectivity index (χ0v) is 18.7. The smallest absolute Gasteiger partial charge is 0.262 e. The summed E-state index contributed by atoms with van der Waals surface area (Å²) in [7, 11) is 0. The number of phenolic OH excluding ortho intramolecular Hbond substituents is 2. The van der Waals surface area contributed by atoms with E-state index >= 15 is 0 Å². The van der Waals surface area contributed by atoms with Gasteiger partial charge in [-0.2, -0.15) is 0 Å². The quantitative estimate of drug-likeness (QED) is 0.608. The summed E-state index contributed by atoms with van der Waals surface area (Å²) in [6, 6.07) is 9.25. The summed E-state index contributed by atoms with van der Waals surface area (Å²) in [5, 5.41) is 19.3. The third kappa shape index (κ3) is 6.63. The Morgan fingerprint density at radius 1 is 0.897 bits per heavy atom. The first-order chi connectivity index (χ1) is 14.0. The van der Waals surface area contributed by atoms with Crippen molar-refractivity contribution in [2.75, 3.05) is 11.4 Å². The second-order valence-electron chi connectivity index (χ2n) is 5.66. The predicted octanol–water partition coefficient (Wildman–Crippen LogP) is 5.97. The van der Waals surface area contributed by atoms with Crippen molar-refractivity contribution in [3.63, 3.8) is 0 Å². The highest BCUT2D eigenvalue weighted by atomic mass is 16.3. The van der Waals surface area contributed by atoms with Crippen molar-refractivity contribution in [3.8, 4) is 11.5 Å². The van der Waals surface area contributed by atoms with Gasteiger partial charge in [0.05, 0.1) is 5.56 Å². The zero-order valence-electron chi connectivity index (χ0n) is 18.7. The molecule has 5 nitrogen and oxygen atoms in total. The van der Waals surface area contributed by atoms with Crippen LogP contribution in [0.15, 0.2) is 36.4 Å². The van der Waals surface area contributed by atoms with Crippen LogP contribution >= 0.6 is 0 Å². The van der Waals surface area contributed by atoms with Crippen molar-refractivity contribution in [2.24, 2.45) is 0 Å². The molecule has 0 spiro atoms. The fourth-order valence-electron chi connectivity index (χ4n) is 2.87. The number of rotatable bonds is 2. The van der Waals surface area contributed by atoms with Gasteiger partial charge >= 0.3 is 0 Å². The van der Waals surface area contributed by atoms with Crippen molar-refractivity contribution in [3.05, 3.63) is 53.1 Å². The lowest BCUT2D eigenvalue weighted by Gasteiger charge is -2.30. The summed E-state index contributed by atoms with van der Waals surface area (Å²) in [5.74, 6) is -0.668. The van der Waals surface area contributed by atoms with E-state index in [1.165, 1.54) is 19.1 Å². The van der Waals surface area contributed by atoms with Gasteiger partial charge in [0.1, 0.15) is 11.5 Å². The Morgan fingerprint density at radius 2 is 1.52 bits per heavy atom. The number of aryl methyl sites for hydroxylation is 1. The standard InChI is InChI=1S/C18H17NO4.3C2H6/c1-11(20)12-4-7-16-13(9-12)3-2-8-19(16)18(23)15-6-5-14(21)10-17(15)22;3*1-2/h4-7,9-10,21-22H,2-3,8H2,1H3;3*1-2H3. The van der Waals surface area contributed by atoms with Gasteiger partial charge in [-0.1, -0.05) is 41.5 Å². The number of nitrogens with zero attached hydrogens (tertiary/aromatic N) is 1. The summed E-state index contributed by atoms with van der Waals surface area (Å²) in [4.78, 5) is 25.8. The molecule has 5 heteroatoms. The third-order valence-corrected chi connectivity index (χ3v) is 4.06. The monoisotopic (exact) mass is 401 g/mol. The molecule has 160 valence electrons. The largest absolute Gasteiger partial charge is 0.508 e. The summed E-state index contributed by atoms with van der Waals surface area (Å²) < 4.78 is 0. The predicted molar refractivity (Wildman–Crippen MR) is 120 cm³/mol. The number of hydrogen-bond acceptors (Lipinski definition) is 4. The normalized spacial score (nSPS) is 11.3. The van der Waals surface area contributed by atoms with Crippen LogP contribution in [0.25, 0.3) is 0 Å².